The predicted octanol–water partition coefficient (Wildman–Crippen LogP) is 3.54. The highest BCUT2D eigenvalue weighted by Crippen LogP contribution is 2.23. The van der Waals surface area contributed by atoms with E-state index < -0.39 is 0 Å². The lowest BCUT2D eigenvalue weighted by atomic mass is 10.1. The number of hydrogen-bond donors (Lipinski definition) is 2. The van der Waals surface area contributed by atoms with E-state index in [2.05, 4.69) is 23.6 Å². The minimum atomic E-state index is -0.0290. The van der Waals surface area contributed by atoms with Crippen LogP contribution in [0.5, 0.6) is 0 Å². The standard InChI is InChI=1S/C19H22N2O/c1-2-20-13-17-6-3-4-9-18(17)21-19(22)16-11-10-14-7-5-8-15(14)12-16/h3-4,6,9-12,20H,2,5,7-8,13H2,1H3,(H,21,22). The third kappa shape index (κ3) is 3.20. The van der Waals surface area contributed by atoms with Gasteiger partial charge in [0.2, 0.25) is 0 Å². The van der Waals surface area contributed by atoms with Gasteiger partial charge in [0, 0.05) is 17.8 Å². The van der Waals surface area contributed by atoms with Crippen molar-refractivity contribution in [2.45, 2.75) is 32.7 Å². The lowest BCUT2D eigenvalue weighted by molar-refractivity contribution is 0.102. The van der Waals surface area contributed by atoms with Gasteiger partial charge in [-0.3, -0.25) is 4.79 Å². The molecule has 0 atom stereocenters. The Labute approximate surface area is 131 Å². The Bertz CT molecular complexity index is 679. The van der Waals surface area contributed by atoms with Gasteiger partial charge in [-0.1, -0.05) is 31.2 Å². The first kappa shape index (κ1) is 14.8. The van der Waals surface area contributed by atoms with E-state index >= 15 is 0 Å². The Balaban J connectivity index is 1.77. The van der Waals surface area contributed by atoms with Crippen LogP contribution in [0.15, 0.2) is 42.5 Å². The van der Waals surface area contributed by atoms with E-state index in [-0.39, 0.29) is 5.91 Å². The van der Waals surface area contributed by atoms with Gasteiger partial charge >= 0.3 is 0 Å². The molecule has 1 aliphatic rings. The average molecular weight is 294 g/mol. The molecule has 0 fully saturated rings. The van der Waals surface area contributed by atoms with Gasteiger partial charge in [0.05, 0.1) is 0 Å². The topological polar surface area (TPSA) is 41.1 Å². The molecular formula is C19H22N2O. The molecule has 0 aromatic heterocycles. The zero-order valence-corrected chi connectivity index (χ0v) is 13.0. The Morgan fingerprint density at radius 1 is 1.09 bits per heavy atom. The van der Waals surface area contributed by atoms with Gasteiger partial charge in [-0.25, -0.2) is 0 Å². The molecule has 1 aliphatic carbocycles. The van der Waals surface area contributed by atoms with Crippen LogP contribution in [0.25, 0.3) is 0 Å². The van der Waals surface area contributed by atoms with Crippen LogP contribution in [0, 0.1) is 0 Å². The third-order valence-corrected chi connectivity index (χ3v) is 4.19. The Hall–Kier alpha value is -2.13. The van der Waals surface area contributed by atoms with Crippen molar-refractivity contribution in [2.75, 3.05) is 11.9 Å². The van der Waals surface area contributed by atoms with Gasteiger partial charge in [0.1, 0.15) is 0 Å². The predicted molar refractivity (Wildman–Crippen MR) is 90.2 cm³/mol. The minimum absolute atomic E-state index is 0.0290. The first-order valence-corrected chi connectivity index (χ1v) is 7.99. The lowest BCUT2D eigenvalue weighted by Gasteiger charge is -2.12. The van der Waals surface area contributed by atoms with Crippen LogP contribution in [0.4, 0.5) is 5.69 Å². The highest BCUT2D eigenvalue weighted by Gasteiger charge is 2.14. The quantitative estimate of drug-likeness (QED) is 0.885. The number of fused-ring (bicyclic) bond motifs is 1. The molecule has 2 N–H and O–H groups in total. The van der Waals surface area contributed by atoms with Crippen LogP contribution in [0.3, 0.4) is 0 Å². The molecule has 114 valence electrons. The molecule has 0 saturated heterocycles. The second-order valence-electron chi connectivity index (χ2n) is 5.73. The summed E-state index contributed by atoms with van der Waals surface area (Å²) in [4.78, 5) is 12.5. The number of hydrogen-bond acceptors (Lipinski definition) is 2. The molecule has 0 aliphatic heterocycles. The maximum Gasteiger partial charge on any atom is 0.255 e. The molecule has 0 heterocycles. The normalized spacial score (nSPS) is 13.0. The molecule has 0 radical (unpaired) electrons. The first-order chi connectivity index (χ1) is 10.8. The van der Waals surface area contributed by atoms with Crippen LogP contribution in [-0.4, -0.2) is 12.5 Å². The molecule has 0 unspecified atom stereocenters. The van der Waals surface area contributed by atoms with Gasteiger partial charge in [-0.15, -0.1) is 0 Å². The summed E-state index contributed by atoms with van der Waals surface area (Å²) in [5.41, 5.74) is 5.46. The second-order valence-corrected chi connectivity index (χ2v) is 5.73. The van der Waals surface area contributed by atoms with Crippen LogP contribution in [0.2, 0.25) is 0 Å². The van der Waals surface area contributed by atoms with E-state index in [1.807, 2.05) is 36.4 Å². The van der Waals surface area contributed by atoms with Crippen molar-refractivity contribution < 1.29 is 4.79 Å². The number of para-hydroxylation sites is 1. The van der Waals surface area contributed by atoms with Crippen molar-refractivity contribution in [1.82, 2.24) is 5.32 Å². The summed E-state index contributed by atoms with van der Waals surface area (Å²) in [6.45, 7) is 3.75. The van der Waals surface area contributed by atoms with E-state index in [0.717, 1.165) is 42.7 Å². The minimum Gasteiger partial charge on any atom is -0.322 e. The molecule has 2 aromatic carbocycles. The van der Waals surface area contributed by atoms with Crippen molar-refractivity contribution in [3.8, 4) is 0 Å². The summed E-state index contributed by atoms with van der Waals surface area (Å²) in [7, 11) is 0. The average Bonchev–Trinajstić information content (AvgIpc) is 3.01. The highest BCUT2D eigenvalue weighted by atomic mass is 16.1. The molecule has 1 amide bonds. The summed E-state index contributed by atoms with van der Waals surface area (Å²) in [6.07, 6.45) is 3.43. The summed E-state index contributed by atoms with van der Waals surface area (Å²) in [6, 6.07) is 14.0. The number of carbonyl (C=O) groups excluding carboxylic acids is 1. The summed E-state index contributed by atoms with van der Waals surface area (Å²) in [5, 5.41) is 6.35. The van der Waals surface area contributed by atoms with Gasteiger partial charge in [-0.05, 0) is 60.7 Å². The lowest BCUT2D eigenvalue weighted by Crippen LogP contribution is -2.17. The van der Waals surface area contributed by atoms with Crippen LogP contribution >= 0.6 is 0 Å². The zero-order valence-electron chi connectivity index (χ0n) is 13.0. The Morgan fingerprint density at radius 3 is 2.77 bits per heavy atom. The van der Waals surface area contributed by atoms with Crippen LogP contribution < -0.4 is 10.6 Å². The molecule has 3 nitrogen and oxygen atoms in total. The summed E-state index contributed by atoms with van der Waals surface area (Å²) >= 11 is 0. The third-order valence-electron chi connectivity index (χ3n) is 4.19. The van der Waals surface area contributed by atoms with Gasteiger partial charge in [0.25, 0.3) is 5.91 Å². The molecule has 3 rings (SSSR count). The van der Waals surface area contributed by atoms with Gasteiger partial charge in [-0.2, -0.15) is 0 Å². The van der Waals surface area contributed by atoms with E-state index in [9.17, 15) is 4.79 Å². The molecule has 22 heavy (non-hydrogen) atoms. The maximum absolute atomic E-state index is 12.5. The number of rotatable bonds is 5. The second kappa shape index (κ2) is 6.75. The van der Waals surface area contributed by atoms with E-state index in [4.69, 9.17) is 0 Å². The van der Waals surface area contributed by atoms with Crippen LogP contribution in [0.1, 0.15) is 40.4 Å². The van der Waals surface area contributed by atoms with Crippen molar-refractivity contribution in [2.24, 2.45) is 0 Å². The van der Waals surface area contributed by atoms with Crippen molar-refractivity contribution in [1.29, 1.82) is 0 Å². The fourth-order valence-corrected chi connectivity index (χ4v) is 2.96. The fourth-order valence-electron chi connectivity index (χ4n) is 2.96. The zero-order chi connectivity index (χ0) is 15.4. The SMILES string of the molecule is CCNCc1ccccc1NC(=O)c1ccc2c(c1)CCC2. The Morgan fingerprint density at radius 2 is 1.91 bits per heavy atom. The number of anilines is 1. The number of nitrogens with one attached hydrogen (secondary N) is 2. The van der Waals surface area contributed by atoms with Crippen LogP contribution in [-0.2, 0) is 19.4 Å². The fraction of sp³-hybridized carbons (Fsp3) is 0.316. The monoisotopic (exact) mass is 294 g/mol. The van der Waals surface area contributed by atoms with E-state index in [1.54, 1.807) is 0 Å². The van der Waals surface area contributed by atoms with Crippen molar-refractivity contribution in [3.63, 3.8) is 0 Å². The van der Waals surface area contributed by atoms with Gasteiger partial charge < -0.3 is 10.6 Å². The molecule has 3 heteroatoms. The van der Waals surface area contributed by atoms with Gasteiger partial charge in [0.15, 0.2) is 0 Å². The molecule has 0 spiro atoms. The maximum atomic E-state index is 12.5. The van der Waals surface area contributed by atoms with E-state index in [0.29, 0.717) is 0 Å². The van der Waals surface area contributed by atoms with Crippen molar-refractivity contribution in [3.05, 3.63) is 64.7 Å². The summed E-state index contributed by atoms with van der Waals surface area (Å²) in [5.74, 6) is -0.0290. The molecule has 0 bridgehead atoms. The molecule has 2 aromatic rings. The largest absolute Gasteiger partial charge is 0.322 e. The summed E-state index contributed by atoms with van der Waals surface area (Å²) < 4.78 is 0. The van der Waals surface area contributed by atoms with E-state index in [1.165, 1.54) is 17.5 Å². The number of amides is 1. The highest BCUT2D eigenvalue weighted by molar-refractivity contribution is 6.04. The first-order valence-electron chi connectivity index (χ1n) is 7.99. The number of aryl methyl sites for hydroxylation is 2. The smallest absolute Gasteiger partial charge is 0.255 e. The molecular weight excluding hydrogens is 272 g/mol. The number of carbonyl (C=O) groups is 1. The molecule has 0 saturated carbocycles. The Kier molecular flexibility index (Phi) is 4.54. The van der Waals surface area contributed by atoms with Crippen molar-refractivity contribution >= 4 is 11.6 Å². The number of benzene rings is 2.